The number of hydrogen-bond donors (Lipinski definition) is 1. The fourth-order valence-corrected chi connectivity index (χ4v) is 2.71. The van der Waals surface area contributed by atoms with Crippen LogP contribution in [0.5, 0.6) is 0 Å². The highest BCUT2D eigenvalue weighted by Gasteiger charge is 2.24. The maximum atomic E-state index is 5.87. The van der Waals surface area contributed by atoms with E-state index >= 15 is 0 Å². The van der Waals surface area contributed by atoms with Crippen molar-refractivity contribution in [1.29, 1.82) is 0 Å². The summed E-state index contributed by atoms with van der Waals surface area (Å²) < 4.78 is 5.24. The standard InChI is InChI=1S/C14H18N4O/c1-19-8-10-4-5-18(7-10)14-12-6-11(15)2-3-13(12)16-9-17-14/h2-3,6,9-10H,4-5,7-8,15H2,1H3. The Balaban J connectivity index is 1.95. The van der Waals surface area contributed by atoms with Crippen LogP contribution in [0, 0.1) is 5.92 Å². The molecule has 2 heterocycles. The van der Waals surface area contributed by atoms with E-state index in [0.717, 1.165) is 48.5 Å². The van der Waals surface area contributed by atoms with Crippen LogP contribution in [0.3, 0.4) is 0 Å². The summed E-state index contributed by atoms with van der Waals surface area (Å²) in [7, 11) is 1.75. The van der Waals surface area contributed by atoms with Crippen LogP contribution in [0.25, 0.3) is 10.9 Å². The van der Waals surface area contributed by atoms with Crippen LogP contribution in [-0.4, -0.2) is 36.8 Å². The van der Waals surface area contributed by atoms with Crippen molar-refractivity contribution in [2.24, 2.45) is 5.92 Å². The topological polar surface area (TPSA) is 64.3 Å². The van der Waals surface area contributed by atoms with E-state index in [0.29, 0.717) is 5.92 Å². The zero-order valence-electron chi connectivity index (χ0n) is 11.0. The fraction of sp³-hybridized carbons (Fsp3) is 0.429. The molecule has 5 heteroatoms. The summed E-state index contributed by atoms with van der Waals surface area (Å²) in [6, 6.07) is 5.77. The third-order valence-corrected chi connectivity index (χ3v) is 3.63. The van der Waals surface area contributed by atoms with Crippen LogP contribution in [0.1, 0.15) is 6.42 Å². The predicted molar refractivity (Wildman–Crippen MR) is 76.1 cm³/mol. The Bertz CT molecular complexity index is 587. The summed E-state index contributed by atoms with van der Waals surface area (Å²) in [5.41, 5.74) is 7.56. The third kappa shape index (κ3) is 2.33. The Morgan fingerprint density at radius 2 is 2.32 bits per heavy atom. The molecule has 1 saturated heterocycles. The summed E-state index contributed by atoms with van der Waals surface area (Å²) in [4.78, 5) is 11.0. The molecule has 1 fully saturated rings. The molecule has 100 valence electrons. The van der Waals surface area contributed by atoms with E-state index in [-0.39, 0.29) is 0 Å². The fourth-order valence-electron chi connectivity index (χ4n) is 2.71. The SMILES string of the molecule is COCC1CCN(c2ncnc3ccc(N)cc23)C1. The first-order valence-electron chi connectivity index (χ1n) is 6.52. The van der Waals surface area contributed by atoms with Gasteiger partial charge >= 0.3 is 0 Å². The highest BCUT2D eigenvalue weighted by Crippen LogP contribution is 2.29. The van der Waals surface area contributed by atoms with Gasteiger partial charge < -0.3 is 15.4 Å². The molecule has 19 heavy (non-hydrogen) atoms. The molecular weight excluding hydrogens is 240 g/mol. The summed E-state index contributed by atoms with van der Waals surface area (Å²) in [5, 5.41) is 1.03. The van der Waals surface area contributed by atoms with Gasteiger partial charge in [0.15, 0.2) is 0 Å². The molecule has 1 aliphatic heterocycles. The zero-order chi connectivity index (χ0) is 13.2. The second kappa shape index (κ2) is 5.01. The van der Waals surface area contributed by atoms with Crippen LogP contribution in [-0.2, 0) is 4.74 Å². The number of benzene rings is 1. The van der Waals surface area contributed by atoms with Gasteiger partial charge in [-0.05, 0) is 24.6 Å². The summed E-state index contributed by atoms with van der Waals surface area (Å²) in [6.07, 6.45) is 2.76. The molecule has 2 aromatic rings. The molecule has 3 rings (SSSR count). The Morgan fingerprint density at radius 1 is 1.42 bits per heavy atom. The number of aromatic nitrogens is 2. The minimum atomic E-state index is 0.580. The molecule has 0 saturated carbocycles. The van der Waals surface area contributed by atoms with E-state index < -0.39 is 0 Å². The van der Waals surface area contributed by atoms with Gasteiger partial charge in [-0.25, -0.2) is 9.97 Å². The Morgan fingerprint density at radius 3 is 3.16 bits per heavy atom. The molecule has 1 aromatic heterocycles. The lowest BCUT2D eigenvalue weighted by Gasteiger charge is -2.19. The van der Waals surface area contributed by atoms with Crippen molar-refractivity contribution in [1.82, 2.24) is 9.97 Å². The number of hydrogen-bond acceptors (Lipinski definition) is 5. The number of nitrogens with zero attached hydrogens (tertiary/aromatic N) is 3. The van der Waals surface area contributed by atoms with E-state index in [9.17, 15) is 0 Å². The molecule has 0 amide bonds. The molecule has 5 nitrogen and oxygen atoms in total. The molecule has 1 unspecified atom stereocenters. The van der Waals surface area contributed by atoms with Gasteiger partial charge in [-0.3, -0.25) is 0 Å². The van der Waals surface area contributed by atoms with Crippen molar-refractivity contribution in [3.05, 3.63) is 24.5 Å². The molecule has 1 atom stereocenters. The first kappa shape index (κ1) is 12.2. The van der Waals surface area contributed by atoms with Gasteiger partial charge in [0.1, 0.15) is 12.1 Å². The molecule has 0 aliphatic carbocycles. The first-order valence-corrected chi connectivity index (χ1v) is 6.52. The molecule has 1 aliphatic rings. The van der Waals surface area contributed by atoms with Gasteiger partial charge in [0.05, 0.1) is 12.1 Å². The van der Waals surface area contributed by atoms with Gasteiger partial charge in [-0.2, -0.15) is 0 Å². The number of fused-ring (bicyclic) bond motifs is 1. The Hall–Kier alpha value is -1.88. The summed E-state index contributed by atoms with van der Waals surface area (Å²) in [6.45, 7) is 2.80. The zero-order valence-corrected chi connectivity index (χ0v) is 11.0. The van der Waals surface area contributed by atoms with E-state index in [2.05, 4.69) is 14.9 Å². The van der Waals surface area contributed by atoms with Crippen molar-refractivity contribution in [3.63, 3.8) is 0 Å². The van der Waals surface area contributed by atoms with Crippen LogP contribution >= 0.6 is 0 Å². The van der Waals surface area contributed by atoms with Crippen molar-refractivity contribution < 1.29 is 4.74 Å². The van der Waals surface area contributed by atoms with Gasteiger partial charge in [0.25, 0.3) is 0 Å². The first-order chi connectivity index (χ1) is 9.28. The van der Waals surface area contributed by atoms with E-state index in [1.165, 1.54) is 0 Å². The molecule has 2 N–H and O–H groups in total. The van der Waals surface area contributed by atoms with Crippen molar-refractivity contribution in [3.8, 4) is 0 Å². The van der Waals surface area contributed by atoms with Crippen LogP contribution < -0.4 is 10.6 Å². The molecule has 1 aromatic carbocycles. The molecular formula is C14H18N4O. The number of rotatable bonds is 3. The minimum Gasteiger partial charge on any atom is -0.399 e. The highest BCUT2D eigenvalue weighted by atomic mass is 16.5. The average molecular weight is 258 g/mol. The lowest BCUT2D eigenvalue weighted by molar-refractivity contribution is 0.161. The van der Waals surface area contributed by atoms with Crippen molar-refractivity contribution in [2.45, 2.75) is 6.42 Å². The predicted octanol–water partition coefficient (Wildman–Crippen LogP) is 1.68. The third-order valence-electron chi connectivity index (χ3n) is 3.63. The Kier molecular flexibility index (Phi) is 3.21. The lowest BCUT2D eigenvalue weighted by atomic mass is 10.1. The minimum absolute atomic E-state index is 0.580. The van der Waals surface area contributed by atoms with Gasteiger partial charge in [-0.15, -0.1) is 0 Å². The highest BCUT2D eigenvalue weighted by molar-refractivity contribution is 5.91. The summed E-state index contributed by atoms with van der Waals surface area (Å²) >= 11 is 0. The largest absolute Gasteiger partial charge is 0.399 e. The average Bonchev–Trinajstić information content (AvgIpc) is 2.87. The second-order valence-corrected chi connectivity index (χ2v) is 5.03. The second-order valence-electron chi connectivity index (χ2n) is 5.03. The van der Waals surface area contributed by atoms with Crippen molar-refractivity contribution >= 4 is 22.4 Å². The van der Waals surface area contributed by atoms with E-state index in [4.69, 9.17) is 10.5 Å². The van der Waals surface area contributed by atoms with Gasteiger partial charge in [-0.1, -0.05) is 0 Å². The molecule has 0 bridgehead atoms. The van der Waals surface area contributed by atoms with E-state index in [1.54, 1.807) is 13.4 Å². The number of ether oxygens (including phenoxy) is 1. The quantitative estimate of drug-likeness (QED) is 0.849. The van der Waals surface area contributed by atoms with Crippen LogP contribution in [0.2, 0.25) is 0 Å². The molecule has 0 spiro atoms. The number of nitrogens with two attached hydrogens (primary N) is 1. The van der Waals surface area contributed by atoms with Gasteiger partial charge in [0, 0.05) is 37.2 Å². The number of methoxy groups -OCH3 is 1. The smallest absolute Gasteiger partial charge is 0.139 e. The van der Waals surface area contributed by atoms with E-state index in [1.807, 2.05) is 18.2 Å². The van der Waals surface area contributed by atoms with Crippen LogP contribution in [0.15, 0.2) is 24.5 Å². The van der Waals surface area contributed by atoms with Crippen molar-refractivity contribution in [2.75, 3.05) is 37.4 Å². The molecule has 0 radical (unpaired) electrons. The van der Waals surface area contributed by atoms with Crippen LogP contribution in [0.4, 0.5) is 11.5 Å². The number of anilines is 2. The number of nitrogen functional groups attached to an aromatic ring is 1. The Labute approximate surface area is 112 Å². The maximum Gasteiger partial charge on any atom is 0.139 e. The van der Waals surface area contributed by atoms with Gasteiger partial charge in [0.2, 0.25) is 0 Å². The monoisotopic (exact) mass is 258 g/mol. The lowest BCUT2D eigenvalue weighted by Crippen LogP contribution is -2.22. The summed E-state index contributed by atoms with van der Waals surface area (Å²) in [5.74, 6) is 1.56. The normalized spacial score (nSPS) is 19.2. The maximum absolute atomic E-state index is 5.87.